The van der Waals surface area contributed by atoms with Crippen LogP contribution in [0.5, 0.6) is 0 Å². The Morgan fingerprint density at radius 1 is 1.13 bits per heavy atom. The number of aryl methyl sites for hydroxylation is 1. The molecule has 1 heterocycles. The van der Waals surface area contributed by atoms with E-state index < -0.39 is 11.7 Å². The van der Waals surface area contributed by atoms with Crippen molar-refractivity contribution in [2.75, 3.05) is 13.6 Å². The number of alkyl halides is 3. The highest BCUT2D eigenvalue weighted by Gasteiger charge is 2.30. The van der Waals surface area contributed by atoms with E-state index in [1.807, 2.05) is 19.1 Å². The van der Waals surface area contributed by atoms with Gasteiger partial charge in [-0.25, -0.2) is 0 Å². The Hall–Kier alpha value is -2.81. The molecule has 0 aliphatic rings. The number of carbonyl (C=O) groups is 1. The van der Waals surface area contributed by atoms with Crippen LogP contribution >= 0.6 is 11.8 Å². The highest BCUT2D eigenvalue weighted by atomic mass is 32.2. The Morgan fingerprint density at radius 3 is 2.48 bits per heavy atom. The number of carbonyl (C=O) groups excluding carboxylic acids is 1. The maximum Gasteiger partial charge on any atom is 0.416 e. The van der Waals surface area contributed by atoms with Gasteiger partial charge in [-0.1, -0.05) is 36.9 Å². The zero-order chi connectivity index (χ0) is 22.6. The van der Waals surface area contributed by atoms with Crippen molar-refractivity contribution in [2.45, 2.75) is 37.4 Å². The van der Waals surface area contributed by atoms with Crippen LogP contribution in [0.15, 0.2) is 53.7 Å². The summed E-state index contributed by atoms with van der Waals surface area (Å²) in [6.07, 6.45) is -3.53. The van der Waals surface area contributed by atoms with E-state index in [4.69, 9.17) is 0 Å². The Morgan fingerprint density at radius 2 is 1.84 bits per heavy atom. The Labute approximate surface area is 183 Å². The lowest BCUT2D eigenvalue weighted by molar-refractivity contribution is -0.137. The van der Waals surface area contributed by atoms with Gasteiger partial charge in [-0.3, -0.25) is 9.36 Å². The van der Waals surface area contributed by atoms with Gasteiger partial charge in [0.15, 0.2) is 5.16 Å². The second kappa shape index (κ2) is 9.55. The number of nitrogens with zero attached hydrogens (tertiary/aromatic N) is 4. The van der Waals surface area contributed by atoms with E-state index in [0.717, 1.165) is 24.1 Å². The number of rotatable bonds is 7. The molecule has 1 aromatic heterocycles. The topological polar surface area (TPSA) is 51.0 Å². The molecule has 0 radical (unpaired) electrons. The summed E-state index contributed by atoms with van der Waals surface area (Å²) in [5.41, 5.74) is 1.23. The van der Waals surface area contributed by atoms with Crippen molar-refractivity contribution in [1.29, 1.82) is 0 Å². The molecule has 3 aromatic rings. The first kappa shape index (κ1) is 22.9. The average Bonchev–Trinajstić information content (AvgIpc) is 3.12. The SMILES string of the molecule is CCCN(C)C(=O)c1ccc(CSc2nnc(C)n2-c2cccc(C(F)(F)F)c2)cc1. The minimum Gasteiger partial charge on any atom is -0.342 e. The number of halogens is 3. The summed E-state index contributed by atoms with van der Waals surface area (Å²) >= 11 is 1.37. The lowest BCUT2D eigenvalue weighted by atomic mass is 10.1. The van der Waals surface area contributed by atoms with Crippen LogP contribution in [0.1, 0.15) is 40.7 Å². The summed E-state index contributed by atoms with van der Waals surface area (Å²) in [6, 6.07) is 12.4. The van der Waals surface area contributed by atoms with Gasteiger partial charge < -0.3 is 4.90 Å². The maximum atomic E-state index is 13.1. The minimum absolute atomic E-state index is 0.0269. The van der Waals surface area contributed by atoms with Gasteiger partial charge in [-0.05, 0) is 49.2 Å². The van der Waals surface area contributed by atoms with Crippen molar-refractivity contribution in [1.82, 2.24) is 19.7 Å². The normalized spacial score (nSPS) is 11.5. The maximum absolute atomic E-state index is 13.1. The first-order valence-electron chi connectivity index (χ1n) is 9.77. The average molecular weight is 449 g/mol. The van der Waals surface area contributed by atoms with E-state index >= 15 is 0 Å². The Kier molecular flexibility index (Phi) is 7.04. The summed E-state index contributed by atoms with van der Waals surface area (Å²) in [4.78, 5) is 14.0. The van der Waals surface area contributed by atoms with Crippen LogP contribution in [0.2, 0.25) is 0 Å². The lowest BCUT2D eigenvalue weighted by Crippen LogP contribution is -2.27. The molecule has 0 aliphatic carbocycles. The Bertz CT molecular complexity index is 1050. The minimum atomic E-state index is -4.42. The molecule has 1 amide bonds. The first-order chi connectivity index (χ1) is 14.7. The van der Waals surface area contributed by atoms with E-state index in [0.29, 0.717) is 34.5 Å². The molecule has 0 spiro atoms. The fraction of sp³-hybridized carbons (Fsp3) is 0.318. The summed E-state index contributed by atoms with van der Waals surface area (Å²) in [6.45, 7) is 4.41. The molecule has 5 nitrogen and oxygen atoms in total. The van der Waals surface area contributed by atoms with E-state index in [1.165, 1.54) is 17.8 Å². The zero-order valence-corrected chi connectivity index (χ0v) is 18.3. The highest BCUT2D eigenvalue weighted by Crippen LogP contribution is 2.32. The molecular formula is C22H23F3N4OS. The molecule has 31 heavy (non-hydrogen) atoms. The molecule has 9 heteroatoms. The van der Waals surface area contributed by atoms with Crippen molar-refractivity contribution in [3.05, 3.63) is 71.0 Å². The predicted octanol–water partition coefficient (Wildman–Crippen LogP) is 5.37. The molecule has 3 rings (SSSR count). The number of hydrogen-bond acceptors (Lipinski definition) is 4. The molecule has 0 atom stereocenters. The summed E-state index contributed by atoms with van der Waals surface area (Å²) < 4.78 is 40.9. The first-order valence-corrected chi connectivity index (χ1v) is 10.8. The lowest BCUT2D eigenvalue weighted by Gasteiger charge is -2.16. The molecular weight excluding hydrogens is 425 g/mol. The number of hydrogen-bond donors (Lipinski definition) is 0. The summed E-state index contributed by atoms with van der Waals surface area (Å²) in [5, 5.41) is 8.65. The van der Waals surface area contributed by atoms with Crippen molar-refractivity contribution in [2.24, 2.45) is 0 Å². The van der Waals surface area contributed by atoms with Gasteiger partial charge in [0.1, 0.15) is 5.82 Å². The molecule has 0 N–H and O–H groups in total. The van der Waals surface area contributed by atoms with Gasteiger partial charge in [0.2, 0.25) is 0 Å². The van der Waals surface area contributed by atoms with Gasteiger partial charge in [0.25, 0.3) is 5.91 Å². The molecule has 0 fully saturated rings. The molecule has 2 aromatic carbocycles. The van der Waals surface area contributed by atoms with Gasteiger partial charge >= 0.3 is 6.18 Å². The number of aromatic nitrogens is 3. The van der Waals surface area contributed by atoms with E-state index in [2.05, 4.69) is 10.2 Å². The van der Waals surface area contributed by atoms with Crippen LogP contribution in [0.4, 0.5) is 13.2 Å². The standard InChI is InChI=1S/C22H23F3N4OS/c1-4-12-28(3)20(30)17-10-8-16(9-11-17)14-31-21-27-26-15(2)29(21)19-7-5-6-18(13-19)22(23,24)25/h5-11,13H,4,12,14H2,1-3H3. The molecule has 164 valence electrons. The third-order valence-electron chi connectivity index (χ3n) is 4.70. The van der Waals surface area contributed by atoms with E-state index in [1.54, 1.807) is 41.6 Å². The number of thioether (sulfide) groups is 1. The van der Waals surface area contributed by atoms with Crippen molar-refractivity contribution >= 4 is 17.7 Å². The van der Waals surface area contributed by atoms with Gasteiger partial charge in [0, 0.05) is 30.6 Å². The van der Waals surface area contributed by atoms with Crippen molar-refractivity contribution < 1.29 is 18.0 Å². The number of amides is 1. The molecule has 0 bridgehead atoms. The molecule has 0 aliphatic heterocycles. The van der Waals surface area contributed by atoms with Crippen LogP contribution in [0, 0.1) is 6.92 Å². The van der Waals surface area contributed by atoms with Crippen molar-refractivity contribution in [3.8, 4) is 5.69 Å². The van der Waals surface area contributed by atoms with Crippen LogP contribution in [0.25, 0.3) is 5.69 Å². The van der Waals surface area contributed by atoms with Gasteiger partial charge in [-0.2, -0.15) is 13.2 Å². The highest BCUT2D eigenvalue weighted by molar-refractivity contribution is 7.98. The Balaban J connectivity index is 1.75. The monoisotopic (exact) mass is 448 g/mol. The van der Waals surface area contributed by atoms with E-state index in [-0.39, 0.29) is 5.91 Å². The summed E-state index contributed by atoms with van der Waals surface area (Å²) in [7, 11) is 1.78. The van der Waals surface area contributed by atoms with Crippen molar-refractivity contribution in [3.63, 3.8) is 0 Å². The fourth-order valence-corrected chi connectivity index (χ4v) is 4.06. The number of benzene rings is 2. The van der Waals surface area contributed by atoms with Crippen LogP contribution in [0.3, 0.4) is 0 Å². The molecule has 0 saturated heterocycles. The van der Waals surface area contributed by atoms with Crippen LogP contribution in [-0.2, 0) is 11.9 Å². The van der Waals surface area contributed by atoms with E-state index in [9.17, 15) is 18.0 Å². The van der Waals surface area contributed by atoms with Gasteiger partial charge in [0.05, 0.1) is 5.56 Å². The zero-order valence-electron chi connectivity index (χ0n) is 17.5. The summed E-state index contributed by atoms with van der Waals surface area (Å²) in [5.74, 6) is 1.01. The third kappa shape index (κ3) is 5.46. The van der Waals surface area contributed by atoms with Gasteiger partial charge in [-0.15, -0.1) is 10.2 Å². The largest absolute Gasteiger partial charge is 0.416 e. The molecule has 0 saturated carbocycles. The predicted molar refractivity (Wildman–Crippen MR) is 114 cm³/mol. The second-order valence-corrected chi connectivity index (χ2v) is 8.07. The van der Waals surface area contributed by atoms with Crippen LogP contribution in [-0.4, -0.2) is 39.2 Å². The van der Waals surface area contributed by atoms with Crippen LogP contribution < -0.4 is 0 Å². The second-order valence-electron chi connectivity index (χ2n) is 7.13. The third-order valence-corrected chi connectivity index (χ3v) is 5.70. The molecule has 0 unspecified atom stereocenters. The fourth-order valence-electron chi connectivity index (χ4n) is 3.10. The smallest absolute Gasteiger partial charge is 0.342 e. The quantitative estimate of drug-likeness (QED) is 0.456.